The maximum absolute atomic E-state index is 12.7. The molecule has 7 nitrogen and oxygen atoms in total. The number of hydrogen-bond acceptors (Lipinski definition) is 5. The van der Waals surface area contributed by atoms with E-state index in [0.29, 0.717) is 12.1 Å². The number of piperidine rings is 1. The summed E-state index contributed by atoms with van der Waals surface area (Å²) in [6.07, 6.45) is 1.87. The van der Waals surface area contributed by atoms with E-state index in [9.17, 15) is 18.5 Å². The van der Waals surface area contributed by atoms with Crippen LogP contribution in [0.25, 0.3) is 0 Å². The smallest absolute Gasteiger partial charge is 0.289 e. The molecule has 2 rings (SSSR count). The summed E-state index contributed by atoms with van der Waals surface area (Å²) >= 11 is 0. The lowest BCUT2D eigenvalue weighted by atomic mass is 9.97. The molecule has 0 unspecified atom stereocenters. The van der Waals surface area contributed by atoms with Crippen LogP contribution in [0.2, 0.25) is 0 Å². The number of nitro benzene ring substituents is 1. The molecule has 0 aromatic heterocycles. The molecular weight excluding hydrogens is 318 g/mol. The van der Waals surface area contributed by atoms with Crippen molar-refractivity contribution in [2.45, 2.75) is 24.7 Å². The van der Waals surface area contributed by atoms with Gasteiger partial charge in [-0.3, -0.25) is 10.1 Å². The molecule has 0 spiro atoms. The highest BCUT2D eigenvalue weighted by Crippen LogP contribution is 2.28. The molecule has 0 atom stereocenters. The van der Waals surface area contributed by atoms with Gasteiger partial charge in [0.2, 0.25) is 10.0 Å². The van der Waals surface area contributed by atoms with E-state index >= 15 is 0 Å². The predicted octanol–water partition coefficient (Wildman–Crippen LogP) is 1.87. The molecule has 8 heteroatoms. The van der Waals surface area contributed by atoms with E-state index in [1.165, 1.54) is 23.5 Å². The second-order valence-corrected chi connectivity index (χ2v) is 8.27. The van der Waals surface area contributed by atoms with Gasteiger partial charge in [-0.25, -0.2) is 12.7 Å². The monoisotopic (exact) mass is 341 g/mol. The zero-order valence-electron chi connectivity index (χ0n) is 13.7. The third-order valence-corrected chi connectivity index (χ3v) is 6.22. The molecule has 0 N–H and O–H groups in total. The van der Waals surface area contributed by atoms with E-state index in [2.05, 4.69) is 4.90 Å². The van der Waals surface area contributed by atoms with Crippen LogP contribution < -0.4 is 0 Å². The van der Waals surface area contributed by atoms with Gasteiger partial charge in [-0.15, -0.1) is 0 Å². The quantitative estimate of drug-likeness (QED) is 0.603. The van der Waals surface area contributed by atoms with Crippen molar-refractivity contribution in [1.29, 1.82) is 0 Å². The largest absolute Gasteiger partial charge is 0.306 e. The van der Waals surface area contributed by atoms with Crippen LogP contribution >= 0.6 is 0 Å². The molecule has 1 aliphatic rings. The molecule has 1 fully saturated rings. The topological polar surface area (TPSA) is 83.8 Å². The van der Waals surface area contributed by atoms with Gasteiger partial charge in [-0.1, -0.05) is 6.07 Å². The SMILES string of the molecule is Cc1ccc(S(=O)(=O)N(C)CC2CCN(C)CC2)c([N+](=O)[O-])c1. The Kier molecular flexibility index (Phi) is 5.38. The average molecular weight is 341 g/mol. The number of nitrogens with zero attached hydrogens (tertiary/aromatic N) is 3. The highest BCUT2D eigenvalue weighted by atomic mass is 32.2. The Labute approximate surface area is 137 Å². The van der Waals surface area contributed by atoms with Crippen molar-refractivity contribution in [1.82, 2.24) is 9.21 Å². The van der Waals surface area contributed by atoms with E-state index in [4.69, 9.17) is 0 Å². The van der Waals surface area contributed by atoms with Gasteiger partial charge < -0.3 is 4.90 Å². The van der Waals surface area contributed by atoms with Crippen molar-refractivity contribution >= 4 is 15.7 Å². The average Bonchev–Trinajstić information content (AvgIpc) is 2.49. The number of likely N-dealkylation sites (tertiary alicyclic amines) is 1. The first-order valence-corrected chi connectivity index (χ1v) is 9.05. The van der Waals surface area contributed by atoms with Crippen molar-refractivity contribution in [2.75, 3.05) is 33.7 Å². The number of benzene rings is 1. The van der Waals surface area contributed by atoms with Gasteiger partial charge in [0.1, 0.15) is 0 Å². The van der Waals surface area contributed by atoms with E-state index in [0.717, 1.165) is 25.9 Å². The molecule has 1 heterocycles. The van der Waals surface area contributed by atoms with Gasteiger partial charge in [-0.05, 0) is 57.5 Å². The van der Waals surface area contributed by atoms with Crippen molar-refractivity contribution in [3.63, 3.8) is 0 Å². The number of aryl methyl sites for hydroxylation is 1. The second kappa shape index (κ2) is 6.94. The van der Waals surface area contributed by atoms with Crippen LogP contribution in [-0.2, 0) is 10.0 Å². The van der Waals surface area contributed by atoms with Crippen molar-refractivity contribution < 1.29 is 13.3 Å². The summed E-state index contributed by atoms with van der Waals surface area (Å²) < 4.78 is 26.7. The van der Waals surface area contributed by atoms with E-state index in [-0.39, 0.29) is 16.5 Å². The maximum atomic E-state index is 12.7. The Balaban J connectivity index is 2.22. The van der Waals surface area contributed by atoms with E-state index in [1.54, 1.807) is 13.0 Å². The van der Waals surface area contributed by atoms with Gasteiger partial charge in [0.15, 0.2) is 4.90 Å². The van der Waals surface area contributed by atoms with Gasteiger partial charge in [-0.2, -0.15) is 0 Å². The summed E-state index contributed by atoms with van der Waals surface area (Å²) in [6.45, 7) is 3.99. The summed E-state index contributed by atoms with van der Waals surface area (Å²) in [5.41, 5.74) is 0.300. The lowest BCUT2D eigenvalue weighted by Gasteiger charge is -2.31. The molecule has 1 aromatic rings. The zero-order chi connectivity index (χ0) is 17.2. The minimum absolute atomic E-state index is 0.233. The van der Waals surface area contributed by atoms with Gasteiger partial charge in [0.25, 0.3) is 5.69 Å². The summed E-state index contributed by atoms with van der Waals surface area (Å²) in [5.74, 6) is 0.287. The Morgan fingerprint density at radius 3 is 2.52 bits per heavy atom. The van der Waals surface area contributed by atoms with Gasteiger partial charge in [0.05, 0.1) is 4.92 Å². The highest BCUT2D eigenvalue weighted by molar-refractivity contribution is 7.89. The molecule has 0 saturated carbocycles. The minimum Gasteiger partial charge on any atom is -0.306 e. The van der Waals surface area contributed by atoms with E-state index < -0.39 is 14.9 Å². The summed E-state index contributed by atoms with van der Waals surface area (Å²) in [5, 5.41) is 11.2. The van der Waals surface area contributed by atoms with Crippen LogP contribution in [-0.4, -0.2) is 56.3 Å². The standard InChI is InChI=1S/C15H23N3O4S/c1-12-4-5-15(14(10-12)18(19)20)23(21,22)17(3)11-13-6-8-16(2)9-7-13/h4-5,10,13H,6-9,11H2,1-3H3. The molecule has 0 bridgehead atoms. The molecule has 1 saturated heterocycles. The minimum atomic E-state index is -3.87. The van der Waals surface area contributed by atoms with Crippen LogP contribution in [0.5, 0.6) is 0 Å². The van der Waals surface area contributed by atoms with E-state index in [1.807, 2.05) is 7.05 Å². The number of rotatable bonds is 5. The fraction of sp³-hybridized carbons (Fsp3) is 0.600. The summed E-state index contributed by atoms with van der Waals surface area (Å²) in [6, 6.07) is 4.22. The zero-order valence-corrected chi connectivity index (χ0v) is 14.5. The van der Waals surface area contributed by atoms with Gasteiger partial charge >= 0.3 is 0 Å². The van der Waals surface area contributed by atoms with Crippen LogP contribution in [0, 0.1) is 23.0 Å². The van der Waals surface area contributed by atoms with Crippen LogP contribution in [0.4, 0.5) is 5.69 Å². The fourth-order valence-electron chi connectivity index (χ4n) is 2.86. The van der Waals surface area contributed by atoms with Crippen LogP contribution in [0.15, 0.2) is 23.1 Å². The Hall–Kier alpha value is -1.51. The number of sulfonamides is 1. The molecule has 128 valence electrons. The first kappa shape index (κ1) is 17.8. The molecular formula is C15H23N3O4S. The molecule has 1 aliphatic heterocycles. The van der Waals surface area contributed by atoms with Crippen molar-refractivity contribution in [3.8, 4) is 0 Å². The fourth-order valence-corrected chi connectivity index (χ4v) is 4.24. The Bertz CT molecular complexity index is 682. The molecule has 1 aromatic carbocycles. The Morgan fingerprint density at radius 1 is 1.35 bits per heavy atom. The van der Waals surface area contributed by atoms with Crippen molar-refractivity contribution in [3.05, 3.63) is 33.9 Å². The molecule has 0 amide bonds. The normalized spacial score (nSPS) is 17.6. The third-order valence-electron chi connectivity index (χ3n) is 4.35. The first-order chi connectivity index (χ1) is 10.7. The summed E-state index contributed by atoms with van der Waals surface area (Å²) in [7, 11) is -0.321. The van der Waals surface area contributed by atoms with Crippen LogP contribution in [0.1, 0.15) is 18.4 Å². The van der Waals surface area contributed by atoms with Crippen molar-refractivity contribution in [2.24, 2.45) is 5.92 Å². The molecule has 23 heavy (non-hydrogen) atoms. The van der Waals surface area contributed by atoms with Crippen LogP contribution in [0.3, 0.4) is 0 Å². The molecule has 0 aliphatic carbocycles. The second-order valence-electron chi connectivity index (χ2n) is 6.26. The molecule has 0 radical (unpaired) electrons. The third kappa shape index (κ3) is 4.07. The Morgan fingerprint density at radius 2 is 1.96 bits per heavy atom. The van der Waals surface area contributed by atoms with Gasteiger partial charge in [0, 0.05) is 19.7 Å². The number of hydrogen-bond donors (Lipinski definition) is 0. The highest BCUT2D eigenvalue weighted by Gasteiger charge is 2.31. The summed E-state index contributed by atoms with van der Waals surface area (Å²) in [4.78, 5) is 12.5. The first-order valence-electron chi connectivity index (χ1n) is 7.61. The number of nitro groups is 1. The predicted molar refractivity (Wildman–Crippen MR) is 87.9 cm³/mol. The lowest BCUT2D eigenvalue weighted by Crippen LogP contribution is -2.38. The lowest BCUT2D eigenvalue weighted by molar-refractivity contribution is -0.387. The maximum Gasteiger partial charge on any atom is 0.289 e.